The Balaban J connectivity index is 1.92. The first-order valence-electron chi connectivity index (χ1n) is 6.74. The summed E-state index contributed by atoms with van der Waals surface area (Å²) in [5, 5.41) is 15.5. The number of imide groups is 1. The molecule has 2 heterocycles. The number of carbonyl (C=O) groups excluding carboxylic acids is 2. The van der Waals surface area contributed by atoms with E-state index in [1.165, 1.54) is 25.3 Å². The van der Waals surface area contributed by atoms with Crippen LogP contribution in [0.2, 0.25) is 0 Å². The zero-order chi connectivity index (χ0) is 17.3. The fourth-order valence-electron chi connectivity index (χ4n) is 2.20. The van der Waals surface area contributed by atoms with Crippen LogP contribution >= 0.6 is 0 Å². The van der Waals surface area contributed by atoms with Gasteiger partial charge < -0.3 is 14.5 Å². The van der Waals surface area contributed by atoms with Gasteiger partial charge in [-0.1, -0.05) is 0 Å². The summed E-state index contributed by atoms with van der Waals surface area (Å²) < 4.78 is 10.5. The smallest absolute Gasteiger partial charge is 0.326 e. The second-order valence-electron chi connectivity index (χ2n) is 4.81. The molecule has 3 rings (SSSR count). The molecule has 0 spiro atoms. The van der Waals surface area contributed by atoms with Crippen molar-refractivity contribution in [2.75, 3.05) is 7.11 Å². The molecule has 0 bridgehead atoms. The van der Waals surface area contributed by atoms with Crippen LogP contribution in [0.4, 0.5) is 10.5 Å². The van der Waals surface area contributed by atoms with Crippen LogP contribution in [0.5, 0.6) is 5.75 Å². The van der Waals surface area contributed by atoms with Gasteiger partial charge in [-0.05, 0) is 24.3 Å². The van der Waals surface area contributed by atoms with Crippen molar-refractivity contribution in [1.29, 1.82) is 0 Å². The van der Waals surface area contributed by atoms with Gasteiger partial charge in [0.15, 0.2) is 5.75 Å². The number of methoxy groups -OCH3 is 1. The van der Waals surface area contributed by atoms with Gasteiger partial charge in [0.1, 0.15) is 17.2 Å². The number of nitrogens with zero attached hydrogens (tertiary/aromatic N) is 1. The number of benzene rings is 1. The van der Waals surface area contributed by atoms with Crippen molar-refractivity contribution in [2.45, 2.75) is 0 Å². The van der Waals surface area contributed by atoms with Crippen LogP contribution in [0.25, 0.3) is 17.4 Å². The lowest BCUT2D eigenvalue weighted by Gasteiger charge is -2.03. The first-order chi connectivity index (χ1) is 11.5. The van der Waals surface area contributed by atoms with E-state index in [-0.39, 0.29) is 17.1 Å². The number of carbonyl (C=O) groups is 2. The molecule has 3 amide bonds. The van der Waals surface area contributed by atoms with E-state index in [4.69, 9.17) is 9.15 Å². The largest absolute Gasteiger partial charge is 0.490 e. The lowest BCUT2D eigenvalue weighted by molar-refractivity contribution is -0.385. The monoisotopic (exact) mass is 329 g/mol. The minimum atomic E-state index is -0.608. The molecule has 9 heteroatoms. The molecule has 0 aliphatic carbocycles. The SMILES string of the molecule is COc1ccc(-c2ccc(/C=C3/NC(=O)NC3=O)o2)cc1[N+](=O)[O-]. The van der Waals surface area contributed by atoms with Crippen molar-refractivity contribution in [3.05, 3.63) is 51.9 Å². The molecule has 2 aromatic rings. The van der Waals surface area contributed by atoms with Crippen molar-refractivity contribution >= 4 is 23.7 Å². The van der Waals surface area contributed by atoms with E-state index < -0.39 is 16.9 Å². The first-order valence-corrected chi connectivity index (χ1v) is 6.74. The summed E-state index contributed by atoms with van der Waals surface area (Å²) >= 11 is 0. The minimum absolute atomic E-state index is 0.0570. The van der Waals surface area contributed by atoms with E-state index in [2.05, 4.69) is 10.6 Å². The number of amides is 3. The molecule has 0 unspecified atom stereocenters. The van der Waals surface area contributed by atoms with E-state index in [9.17, 15) is 19.7 Å². The third-order valence-electron chi connectivity index (χ3n) is 3.29. The van der Waals surface area contributed by atoms with Crippen molar-refractivity contribution in [3.8, 4) is 17.1 Å². The Hall–Kier alpha value is -3.62. The number of hydrogen-bond acceptors (Lipinski definition) is 6. The Bertz CT molecular complexity index is 883. The predicted molar refractivity (Wildman–Crippen MR) is 82.0 cm³/mol. The Kier molecular flexibility index (Phi) is 3.74. The zero-order valence-corrected chi connectivity index (χ0v) is 12.4. The standard InChI is InChI=1S/C15H11N3O6/c1-23-13-4-2-8(6-11(13)18(21)22)12-5-3-9(24-12)7-10-14(19)17-15(20)16-10/h2-7H,1H3,(H2,16,17,19,20)/b10-7+. The van der Waals surface area contributed by atoms with Gasteiger partial charge in [-0.2, -0.15) is 0 Å². The summed E-state index contributed by atoms with van der Waals surface area (Å²) in [7, 11) is 1.35. The fourth-order valence-corrected chi connectivity index (χ4v) is 2.20. The van der Waals surface area contributed by atoms with E-state index in [1.54, 1.807) is 18.2 Å². The number of nitrogens with one attached hydrogen (secondary N) is 2. The molecule has 0 atom stereocenters. The third kappa shape index (κ3) is 2.82. The van der Waals surface area contributed by atoms with Crippen LogP contribution in [0, 0.1) is 10.1 Å². The average Bonchev–Trinajstić information content (AvgIpc) is 3.13. The van der Waals surface area contributed by atoms with Gasteiger partial charge in [-0.25, -0.2) is 4.79 Å². The van der Waals surface area contributed by atoms with Crippen LogP contribution in [-0.4, -0.2) is 24.0 Å². The molecule has 0 radical (unpaired) electrons. The summed E-state index contributed by atoms with van der Waals surface area (Å²) in [6.45, 7) is 0. The number of hydrogen-bond donors (Lipinski definition) is 2. The molecular formula is C15H11N3O6. The van der Waals surface area contributed by atoms with Gasteiger partial charge in [0.05, 0.1) is 12.0 Å². The second kappa shape index (κ2) is 5.88. The van der Waals surface area contributed by atoms with Gasteiger partial charge in [0.25, 0.3) is 5.91 Å². The molecule has 1 aromatic carbocycles. The Morgan fingerprint density at radius 1 is 1.21 bits per heavy atom. The lowest BCUT2D eigenvalue weighted by atomic mass is 10.1. The fraction of sp³-hybridized carbons (Fsp3) is 0.0667. The highest BCUT2D eigenvalue weighted by Gasteiger charge is 2.23. The topological polar surface area (TPSA) is 124 Å². The average molecular weight is 329 g/mol. The molecule has 1 aliphatic rings. The maximum Gasteiger partial charge on any atom is 0.326 e. The van der Waals surface area contributed by atoms with Crippen molar-refractivity contribution < 1.29 is 23.7 Å². The quantitative estimate of drug-likeness (QED) is 0.383. The van der Waals surface area contributed by atoms with Crippen molar-refractivity contribution in [3.63, 3.8) is 0 Å². The summed E-state index contributed by atoms with van der Waals surface area (Å²) in [5.41, 5.74) is 0.349. The van der Waals surface area contributed by atoms with E-state index in [0.717, 1.165) is 0 Å². The number of furan rings is 1. The predicted octanol–water partition coefficient (Wildman–Crippen LogP) is 2.04. The minimum Gasteiger partial charge on any atom is -0.490 e. The molecule has 1 saturated heterocycles. The Morgan fingerprint density at radius 2 is 2.00 bits per heavy atom. The molecule has 122 valence electrons. The van der Waals surface area contributed by atoms with Crippen molar-refractivity contribution in [2.24, 2.45) is 0 Å². The van der Waals surface area contributed by atoms with E-state index in [0.29, 0.717) is 17.1 Å². The molecule has 9 nitrogen and oxygen atoms in total. The van der Waals surface area contributed by atoms with E-state index >= 15 is 0 Å². The maximum atomic E-state index is 11.5. The Labute approximate surface area is 135 Å². The summed E-state index contributed by atoms with van der Waals surface area (Å²) in [6, 6.07) is 7.00. The number of rotatable bonds is 4. The van der Waals surface area contributed by atoms with E-state index in [1.807, 2.05) is 0 Å². The number of urea groups is 1. The second-order valence-corrected chi connectivity index (χ2v) is 4.81. The van der Waals surface area contributed by atoms with Crippen LogP contribution in [-0.2, 0) is 4.79 Å². The Morgan fingerprint density at radius 3 is 2.62 bits per heavy atom. The molecule has 1 aromatic heterocycles. The number of nitro groups is 1. The summed E-state index contributed by atoms with van der Waals surface area (Å²) in [5.74, 6) is 0.272. The van der Waals surface area contributed by atoms with Gasteiger partial charge in [-0.3, -0.25) is 20.2 Å². The van der Waals surface area contributed by atoms with Crippen LogP contribution < -0.4 is 15.4 Å². The molecular weight excluding hydrogens is 318 g/mol. The highest BCUT2D eigenvalue weighted by molar-refractivity contribution is 6.13. The summed E-state index contributed by atoms with van der Waals surface area (Å²) in [6.07, 6.45) is 1.36. The van der Waals surface area contributed by atoms with Crippen LogP contribution in [0.3, 0.4) is 0 Å². The highest BCUT2D eigenvalue weighted by atomic mass is 16.6. The number of nitro benzene ring substituents is 1. The zero-order valence-electron chi connectivity index (χ0n) is 12.4. The highest BCUT2D eigenvalue weighted by Crippen LogP contribution is 2.33. The van der Waals surface area contributed by atoms with Gasteiger partial charge in [0.2, 0.25) is 0 Å². The maximum absolute atomic E-state index is 11.5. The first kappa shape index (κ1) is 15.3. The molecule has 24 heavy (non-hydrogen) atoms. The lowest BCUT2D eigenvalue weighted by Crippen LogP contribution is -2.22. The molecule has 2 N–H and O–H groups in total. The van der Waals surface area contributed by atoms with Crippen molar-refractivity contribution in [1.82, 2.24) is 10.6 Å². The molecule has 1 fully saturated rings. The van der Waals surface area contributed by atoms with Gasteiger partial charge in [-0.15, -0.1) is 0 Å². The molecule has 1 aliphatic heterocycles. The van der Waals surface area contributed by atoms with Crippen LogP contribution in [0.15, 0.2) is 40.4 Å². The number of ether oxygens (including phenoxy) is 1. The van der Waals surface area contributed by atoms with Gasteiger partial charge >= 0.3 is 11.7 Å². The van der Waals surface area contributed by atoms with Gasteiger partial charge in [0, 0.05) is 17.7 Å². The normalized spacial score (nSPS) is 15.3. The van der Waals surface area contributed by atoms with Crippen LogP contribution in [0.1, 0.15) is 5.76 Å². The molecule has 0 saturated carbocycles. The third-order valence-corrected chi connectivity index (χ3v) is 3.29. The summed E-state index contributed by atoms with van der Waals surface area (Å²) in [4.78, 5) is 33.0.